The van der Waals surface area contributed by atoms with E-state index in [9.17, 15) is 8.42 Å². The molecule has 0 aromatic carbocycles. The largest absolute Gasteiger partial charge is 0.315 e. The molecular weight excluding hydrogens is 286 g/mol. The van der Waals surface area contributed by atoms with Crippen molar-refractivity contribution in [1.82, 2.24) is 14.3 Å². The van der Waals surface area contributed by atoms with Crippen LogP contribution >= 0.6 is 12.4 Å². The molecule has 1 unspecified atom stereocenters. The molecule has 1 saturated heterocycles. The molecule has 1 aliphatic carbocycles. The van der Waals surface area contributed by atoms with Gasteiger partial charge in [-0.05, 0) is 32.2 Å². The normalized spacial score (nSPS) is 26.1. The van der Waals surface area contributed by atoms with Crippen molar-refractivity contribution in [3.63, 3.8) is 0 Å². The fourth-order valence-corrected chi connectivity index (χ4v) is 4.28. The highest BCUT2D eigenvalue weighted by atomic mass is 35.5. The summed E-state index contributed by atoms with van der Waals surface area (Å²) in [5.74, 6) is 0. The molecule has 19 heavy (non-hydrogen) atoms. The highest BCUT2D eigenvalue weighted by Crippen LogP contribution is 2.23. The molecule has 0 aromatic rings. The summed E-state index contributed by atoms with van der Waals surface area (Å²) in [7, 11) is -1.60. The van der Waals surface area contributed by atoms with E-state index in [4.69, 9.17) is 0 Å². The van der Waals surface area contributed by atoms with Crippen LogP contribution in [0.15, 0.2) is 0 Å². The monoisotopic (exact) mass is 311 g/mol. The highest BCUT2D eigenvalue weighted by molar-refractivity contribution is 7.87. The topological polar surface area (TPSA) is 61.4 Å². The minimum Gasteiger partial charge on any atom is -0.315 e. The van der Waals surface area contributed by atoms with Crippen LogP contribution in [0.5, 0.6) is 0 Å². The van der Waals surface area contributed by atoms with Crippen LogP contribution in [0.4, 0.5) is 0 Å². The molecule has 1 atom stereocenters. The van der Waals surface area contributed by atoms with E-state index in [-0.39, 0.29) is 24.5 Å². The van der Waals surface area contributed by atoms with Gasteiger partial charge < -0.3 is 5.32 Å². The smallest absolute Gasteiger partial charge is 0.279 e. The van der Waals surface area contributed by atoms with Crippen molar-refractivity contribution in [3.05, 3.63) is 0 Å². The first-order valence-corrected chi connectivity index (χ1v) is 8.49. The maximum Gasteiger partial charge on any atom is 0.279 e. The number of hydrogen-bond donors (Lipinski definition) is 2. The first-order valence-electron chi connectivity index (χ1n) is 7.05. The summed E-state index contributed by atoms with van der Waals surface area (Å²) in [6, 6.07) is 0.239. The maximum atomic E-state index is 12.3. The number of piperidine rings is 1. The van der Waals surface area contributed by atoms with E-state index < -0.39 is 10.2 Å². The molecule has 0 aromatic heterocycles. The predicted octanol–water partition coefficient (Wildman–Crippen LogP) is 1.26. The zero-order valence-corrected chi connectivity index (χ0v) is 13.2. The minimum absolute atomic E-state index is 0. The summed E-state index contributed by atoms with van der Waals surface area (Å²) < 4.78 is 29.0. The van der Waals surface area contributed by atoms with Crippen molar-refractivity contribution in [3.8, 4) is 0 Å². The van der Waals surface area contributed by atoms with Gasteiger partial charge in [0.2, 0.25) is 0 Å². The highest BCUT2D eigenvalue weighted by Gasteiger charge is 2.29. The fraction of sp³-hybridized carbons (Fsp3) is 1.00. The molecule has 0 bridgehead atoms. The molecule has 1 aliphatic heterocycles. The van der Waals surface area contributed by atoms with E-state index in [1.54, 1.807) is 11.4 Å². The Hall–Kier alpha value is 0.120. The minimum atomic E-state index is -3.32. The van der Waals surface area contributed by atoms with Gasteiger partial charge >= 0.3 is 0 Å². The van der Waals surface area contributed by atoms with E-state index >= 15 is 0 Å². The Bertz CT molecular complexity index is 352. The molecular formula is C12H26ClN3O2S. The Labute approximate surface area is 123 Å². The number of nitrogens with one attached hydrogen (secondary N) is 2. The first-order chi connectivity index (χ1) is 8.59. The molecule has 5 nitrogen and oxygen atoms in total. The van der Waals surface area contributed by atoms with Crippen molar-refractivity contribution in [1.29, 1.82) is 0 Å². The number of nitrogens with zero attached hydrogens (tertiary/aromatic N) is 1. The lowest BCUT2D eigenvalue weighted by molar-refractivity contribution is 0.279. The molecule has 1 heterocycles. The predicted molar refractivity (Wildman–Crippen MR) is 79.8 cm³/mol. The third-order valence-corrected chi connectivity index (χ3v) is 5.77. The summed E-state index contributed by atoms with van der Waals surface area (Å²) in [5, 5.41) is 3.23. The van der Waals surface area contributed by atoms with Crippen LogP contribution in [0.3, 0.4) is 0 Å². The summed E-state index contributed by atoms with van der Waals surface area (Å²) in [5.41, 5.74) is 0. The number of rotatable bonds is 4. The molecule has 0 amide bonds. The van der Waals surface area contributed by atoms with Gasteiger partial charge in [0.15, 0.2) is 0 Å². The van der Waals surface area contributed by atoms with E-state index in [1.807, 2.05) is 0 Å². The summed E-state index contributed by atoms with van der Waals surface area (Å²) in [6.07, 6.45) is 7.51. The second kappa shape index (κ2) is 7.78. The van der Waals surface area contributed by atoms with Gasteiger partial charge in [0.1, 0.15) is 0 Å². The number of hydrogen-bond acceptors (Lipinski definition) is 3. The lowest BCUT2D eigenvalue weighted by Crippen LogP contribution is -2.52. The quantitative estimate of drug-likeness (QED) is 0.821. The maximum absolute atomic E-state index is 12.3. The Morgan fingerprint density at radius 3 is 2.37 bits per heavy atom. The molecule has 114 valence electrons. The third-order valence-electron chi connectivity index (χ3n) is 4.08. The van der Waals surface area contributed by atoms with Crippen LogP contribution in [-0.4, -0.2) is 44.9 Å². The standard InChI is InChI=1S/C12H25N3O2S.ClH/c1-15(12-7-3-2-4-8-12)18(16,17)14-11-6-5-9-13-10-11;/h11-14H,2-10H2,1H3;1H. The Morgan fingerprint density at radius 2 is 1.79 bits per heavy atom. The van der Waals surface area contributed by atoms with E-state index in [0.717, 1.165) is 51.6 Å². The van der Waals surface area contributed by atoms with Crippen molar-refractivity contribution in [2.24, 2.45) is 0 Å². The van der Waals surface area contributed by atoms with Crippen LogP contribution in [0.2, 0.25) is 0 Å². The Kier molecular flexibility index (Phi) is 7.04. The SMILES string of the molecule is CN(C1CCCCC1)S(=O)(=O)NC1CCCNC1.Cl. The van der Waals surface area contributed by atoms with Gasteiger partial charge in [-0.3, -0.25) is 0 Å². The van der Waals surface area contributed by atoms with Crippen molar-refractivity contribution in [2.45, 2.75) is 57.0 Å². The van der Waals surface area contributed by atoms with Gasteiger partial charge in [0.05, 0.1) is 0 Å². The van der Waals surface area contributed by atoms with Crippen LogP contribution in [0.25, 0.3) is 0 Å². The molecule has 0 spiro atoms. The molecule has 2 N–H and O–H groups in total. The molecule has 0 radical (unpaired) electrons. The second-order valence-electron chi connectivity index (χ2n) is 5.47. The van der Waals surface area contributed by atoms with Gasteiger partial charge in [0.25, 0.3) is 10.2 Å². The van der Waals surface area contributed by atoms with Gasteiger partial charge in [-0.15, -0.1) is 12.4 Å². The van der Waals surface area contributed by atoms with Crippen molar-refractivity contribution < 1.29 is 8.42 Å². The molecule has 2 aliphatic rings. The van der Waals surface area contributed by atoms with E-state index in [0.29, 0.717) is 0 Å². The van der Waals surface area contributed by atoms with Crippen LogP contribution in [0.1, 0.15) is 44.9 Å². The lowest BCUT2D eigenvalue weighted by atomic mass is 9.96. The average molecular weight is 312 g/mol. The molecule has 7 heteroatoms. The molecule has 2 rings (SSSR count). The second-order valence-corrected chi connectivity index (χ2v) is 7.24. The molecule has 2 fully saturated rings. The summed E-state index contributed by atoms with van der Waals surface area (Å²) in [4.78, 5) is 0. The van der Waals surface area contributed by atoms with Crippen molar-refractivity contribution >= 4 is 22.6 Å². The third kappa shape index (κ3) is 4.86. The summed E-state index contributed by atoms with van der Waals surface area (Å²) in [6.45, 7) is 1.74. The number of halogens is 1. The zero-order valence-electron chi connectivity index (χ0n) is 11.6. The Morgan fingerprint density at radius 1 is 1.11 bits per heavy atom. The van der Waals surface area contributed by atoms with Gasteiger partial charge in [-0.2, -0.15) is 17.4 Å². The van der Waals surface area contributed by atoms with Crippen molar-refractivity contribution in [2.75, 3.05) is 20.1 Å². The first kappa shape index (κ1) is 17.2. The van der Waals surface area contributed by atoms with E-state index in [2.05, 4.69) is 10.0 Å². The van der Waals surface area contributed by atoms with Crippen LogP contribution in [0, 0.1) is 0 Å². The van der Waals surface area contributed by atoms with Gasteiger partial charge in [0, 0.05) is 25.7 Å². The van der Waals surface area contributed by atoms with Gasteiger partial charge in [-0.1, -0.05) is 19.3 Å². The molecule has 1 saturated carbocycles. The fourth-order valence-electron chi connectivity index (χ4n) is 2.89. The van der Waals surface area contributed by atoms with E-state index in [1.165, 1.54) is 6.42 Å². The zero-order chi connectivity index (χ0) is 13.0. The van der Waals surface area contributed by atoms with Crippen LogP contribution in [-0.2, 0) is 10.2 Å². The lowest BCUT2D eigenvalue weighted by Gasteiger charge is -2.32. The summed E-state index contributed by atoms with van der Waals surface area (Å²) >= 11 is 0. The Balaban J connectivity index is 0.00000180. The van der Waals surface area contributed by atoms with Crippen LogP contribution < -0.4 is 10.0 Å². The average Bonchev–Trinajstić information content (AvgIpc) is 2.39. The van der Waals surface area contributed by atoms with Gasteiger partial charge in [-0.25, -0.2) is 0 Å².